The molecule has 7 nitrogen and oxygen atoms in total. The van der Waals surface area contributed by atoms with Crippen molar-refractivity contribution in [2.24, 2.45) is 0 Å². The lowest BCUT2D eigenvalue weighted by molar-refractivity contribution is -0.109. The second kappa shape index (κ2) is 16.3. The van der Waals surface area contributed by atoms with Gasteiger partial charge < -0.3 is 32.1 Å². The van der Waals surface area contributed by atoms with E-state index in [1.54, 1.807) is 25.2 Å². The maximum Gasteiger partial charge on any atom is 0.681 e. The van der Waals surface area contributed by atoms with Crippen LogP contribution in [0.25, 0.3) is 0 Å². The van der Waals surface area contributed by atoms with Gasteiger partial charge in [-0.15, -0.1) is 19.7 Å². The van der Waals surface area contributed by atoms with E-state index in [0.717, 1.165) is 18.9 Å². The topological polar surface area (TPSA) is 88.1 Å². The zero-order valence-electron chi connectivity index (χ0n) is 16.6. The minimum atomic E-state index is -3.76. The van der Waals surface area contributed by atoms with Crippen molar-refractivity contribution in [3.8, 4) is 0 Å². The molecule has 0 radical (unpaired) electrons. The van der Waals surface area contributed by atoms with Crippen molar-refractivity contribution >= 4 is 27.9 Å². The zero-order chi connectivity index (χ0) is 21.3. The molecule has 0 N–H and O–H groups in total. The molecule has 0 fully saturated rings. The Morgan fingerprint density at radius 1 is 0.714 bits per heavy atom. The molecule has 0 aliphatic carbocycles. The molecule has 0 amide bonds. The van der Waals surface area contributed by atoms with Crippen molar-refractivity contribution in [2.75, 3.05) is 6.61 Å². The molecule has 28 heavy (non-hydrogen) atoms. The Balaban J connectivity index is 5.69. The van der Waals surface area contributed by atoms with Crippen LogP contribution in [0, 0.1) is 0 Å². The molecule has 0 aliphatic heterocycles. The van der Waals surface area contributed by atoms with Crippen LogP contribution in [0.1, 0.15) is 45.4 Å². The summed E-state index contributed by atoms with van der Waals surface area (Å²) in [6, 6.07) is 0. The molecule has 8 heteroatoms. The minimum absolute atomic E-state index is 0.249. The molecule has 0 spiro atoms. The van der Waals surface area contributed by atoms with E-state index in [9.17, 15) is 14.4 Å². The summed E-state index contributed by atoms with van der Waals surface area (Å²) >= 11 is 0. The first kappa shape index (κ1) is 26.3. The predicted octanol–water partition coefficient (Wildman–Crippen LogP) is 3.11. The molecular weight excluding hydrogens is 380 g/mol. The van der Waals surface area contributed by atoms with Gasteiger partial charge in [0.15, 0.2) is 0 Å². The third-order valence-electron chi connectivity index (χ3n) is 3.70. The highest BCUT2D eigenvalue weighted by molar-refractivity contribution is 6.53. The van der Waals surface area contributed by atoms with Crippen LogP contribution in [0.3, 0.4) is 0 Å². The lowest BCUT2D eigenvalue weighted by Crippen LogP contribution is -2.54. The molecule has 0 saturated carbocycles. The van der Waals surface area contributed by atoms with Crippen molar-refractivity contribution in [3.05, 3.63) is 38.0 Å². The van der Waals surface area contributed by atoms with Crippen molar-refractivity contribution in [3.63, 3.8) is 0 Å². The molecule has 0 rings (SSSR count). The van der Waals surface area contributed by atoms with Gasteiger partial charge in [0.1, 0.15) is 18.9 Å². The summed E-state index contributed by atoms with van der Waals surface area (Å²) < 4.78 is 24.1. The van der Waals surface area contributed by atoms with E-state index in [4.69, 9.17) is 17.7 Å². The molecule has 0 bridgehead atoms. The average molecular weight is 413 g/mol. The standard InChI is InChI=1S/C20H32O7Si/c1-5-18(12-9-15-21)25-28(24-8-4,26-19(6-2)13-10-16-22)27-20(7-3)14-11-17-23/h5-7,15-20H,1-3,8-14H2,4H3. The normalized spacial score (nSPS) is 16.2. The monoisotopic (exact) mass is 412 g/mol. The second-order valence-electron chi connectivity index (χ2n) is 5.84. The number of carbonyl (C=O) groups excluding carboxylic acids is 3. The van der Waals surface area contributed by atoms with Gasteiger partial charge in [-0.05, 0) is 26.2 Å². The number of hydrogen-bond acceptors (Lipinski definition) is 7. The lowest BCUT2D eigenvalue weighted by Gasteiger charge is -2.34. The van der Waals surface area contributed by atoms with Gasteiger partial charge in [0.25, 0.3) is 0 Å². The third-order valence-corrected chi connectivity index (χ3v) is 6.12. The predicted molar refractivity (Wildman–Crippen MR) is 108 cm³/mol. The minimum Gasteiger partial charge on any atom is -0.351 e. The first-order valence-corrected chi connectivity index (χ1v) is 11.0. The fourth-order valence-electron chi connectivity index (χ4n) is 2.29. The summed E-state index contributed by atoms with van der Waals surface area (Å²) in [7, 11) is -3.76. The molecule has 0 aliphatic rings. The molecule has 3 atom stereocenters. The smallest absolute Gasteiger partial charge is 0.351 e. The highest BCUT2D eigenvalue weighted by Crippen LogP contribution is 2.24. The van der Waals surface area contributed by atoms with Crippen LogP contribution in [0.5, 0.6) is 0 Å². The summed E-state index contributed by atoms with van der Waals surface area (Å²) in [5, 5.41) is 0. The van der Waals surface area contributed by atoms with Crippen molar-refractivity contribution < 1.29 is 32.1 Å². The first-order chi connectivity index (χ1) is 13.5. The molecule has 0 aromatic heterocycles. The van der Waals surface area contributed by atoms with Gasteiger partial charge in [0, 0.05) is 25.9 Å². The number of hydrogen-bond donors (Lipinski definition) is 0. The molecule has 158 valence electrons. The quantitative estimate of drug-likeness (QED) is 0.172. The first-order valence-electron chi connectivity index (χ1n) is 9.40. The fourth-order valence-corrected chi connectivity index (χ4v) is 4.77. The summed E-state index contributed by atoms with van der Waals surface area (Å²) in [6.45, 7) is 13.2. The summed E-state index contributed by atoms with van der Waals surface area (Å²) in [6.07, 6.45) is 7.45. The van der Waals surface area contributed by atoms with Crippen LogP contribution in [-0.2, 0) is 32.1 Å². The lowest BCUT2D eigenvalue weighted by atomic mass is 10.2. The molecule has 0 saturated heterocycles. The van der Waals surface area contributed by atoms with Crippen LogP contribution in [0.2, 0.25) is 0 Å². The number of rotatable bonds is 20. The third kappa shape index (κ3) is 10.6. The van der Waals surface area contributed by atoms with Crippen LogP contribution >= 0.6 is 0 Å². The molecule has 0 heterocycles. The van der Waals surface area contributed by atoms with Gasteiger partial charge in [0.2, 0.25) is 0 Å². The summed E-state index contributed by atoms with van der Waals surface area (Å²) in [5.74, 6) is 0. The van der Waals surface area contributed by atoms with Gasteiger partial charge >= 0.3 is 9.05 Å². The van der Waals surface area contributed by atoms with E-state index in [1.165, 1.54) is 0 Å². The van der Waals surface area contributed by atoms with Gasteiger partial charge in [-0.25, -0.2) is 0 Å². The Kier molecular flexibility index (Phi) is 15.3. The summed E-state index contributed by atoms with van der Waals surface area (Å²) in [4.78, 5) is 32.2. The Morgan fingerprint density at radius 3 is 1.25 bits per heavy atom. The van der Waals surface area contributed by atoms with Gasteiger partial charge in [-0.2, -0.15) is 0 Å². The highest BCUT2D eigenvalue weighted by atomic mass is 28.4. The van der Waals surface area contributed by atoms with Crippen molar-refractivity contribution in [1.82, 2.24) is 0 Å². The van der Waals surface area contributed by atoms with E-state index >= 15 is 0 Å². The maximum atomic E-state index is 10.7. The van der Waals surface area contributed by atoms with E-state index in [2.05, 4.69) is 19.7 Å². The Labute approximate surface area is 168 Å². The van der Waals surface area contributed by atoms with E-state index in [0.29, 0.717) is 19.3 Å². The Bertz CT molecular complexity index is 430. The molecular formula is C20H32O7Si. The largest absolute Gasteiger partial charge is 0.681 e. The van der Waals surface area contributed by atoms with Crippen LogP contribution in [0.4, 0.5) is 0 Å². The van der Waals surface area contributed by atoms with Crippen LogP contribution < -0.4 is 0 Å². The van der Waals surface area contributed by atoms with E-state index in [-0.39, 0.29) is 25.9 Å². The SMILES string of the molecule is C=CC(CCC=O)O[Si](OCC)(OC(C=C)CCC=O)OC(C=C)CCC=O. The van der Waals surface area contributed by atoms with Gasteiger partial charge in [0.05, 0.1) is 18.3 Å². The van der Waals surface area contributed by atoms with E-state index in [1.807, 2.05) is 0 Å². The number of aldehydes is 3. The van der Waals surface area contributed by atoms with Gasteiger partial charge in [-0.3, -0.25) is 0 Å². The Hall–Kier alpha value is -1.71. The average Bonchev–Trinajstić information content (AvgIpc) is 2.71. The molecule has 0 aromatic rings. The van der Waals surface area contributed by atoms with Crippen LogP contribution in [-0.4, -0.2) is 52.8 Å². The molecule has 3 unspecified atom stereocenters. The maximum absolute atomic E-state index is 10.7. The summed E-state index contributed by atoms with van der Waals surface area (Å²) in [5.41, 5.74) is 0. The molecule has 0 aromatic carbocycles. The fraction of sp³-hybridized carbons (Fsp3) is 0.550. The van der Waals surface area contributed by atoms with E-state index < -0.39 is 27.4 Å². The van der Waals surface area contributed by atoms with Crippen LogP contribution in [0.15, 0.2) is 38.0 Å². The zero-order valence-corrected chi connectivity index (χ0v) is 17.6. The van der Waals surface area contributed by atoms with Crippen molar-refractivity contribution in [1.29, 1.82) is 0 Å². The highest BCUT2D eigenvalue weighted by Gasteiger charge is 2.50. The Morgan fingerprint density at radius 2 is 1.04 bits per heavy atom. The number of carbonyl (C=O) groups is 3. The van der Waals surface area contributed by atoms with Gasteiger partial charge in [-0.1, -0.05) is 18.2 Å². The second-order valence-corrected chi connectivity index (χ2v) is 7.84. The van der Waals surface area contributed by atoms with Crippen molar-refractivity contribution in [2.45, 2.75) is 63.8 Å².